The van der Waals surface area contributed by atoms with Crippen LogP contribution in [0, 0.1) is 0 Å². The van der Waals surface area contributed by atoms with Crippen molar-refractivity contribution in [3.8, 4) is 0 Å². The van der Waals surface area contributed by atoms with Crippen LogP contribution in [0.5, 0.6) is 0 Å². The lowest BCUT2D eigenvalue weighted by molar-refractivity contribution is -0.121. The zero-order chi connectivity index (χ0) is 10.3. The lowest BCUT2D eigenvalue weighted by atomic mass is 10.2. The predicted octanol–water partition coefficient (Wildman–Crippen LogP) is 1.20. The first-order chi connectivity index (χ1) is 6.02. The van der Waals surface area contributed by atoms with Crippen LogP contribution >= 0.6 is 0 Å². The van der Waals surface area contributed by atoms with Crippen LogP contribution in [0.3, 0.4) is 0 Å². The Kier molecular flexibility index (Phi) is 6.24. The SMILES string of the molecule is CC(C)=CCNC(=O)CCC(C)N. The Hall–Kier alpha value is -0.830. The number of hydrogen-bond acceptors (Lipinski definition) is 2. The molecule has 0 rings (SSSR count). The van der Waals surface area contributed by atoms with Gasteiger partial charge < -0.3 is 11.1 Å². The van der Waals surface area contributed by atoms with E-state index < -0.39 is 0 Å². The first kappa shape index (κ1) is 12.2. The molecule has 76 valence electrons. The summed E-state index contributed by atoms with van der Waals surface area (Å²) in [5, 5.41) is 2.80. The number of rotatable bonds is 5. The van der Waals surface area contributed by atoms with Gasteiger partial charge >= 0.3 is 0 Å². The zero-order valence-electron chi connectivity index (χ0n) is 8.76. The third-order valence-electron chi connectivity index (χ3n) is 1.64. The van der Waals surface area contributed by atoms with Gasteiger partial charge in [0.05, 0.1) is 0 Å². The van der Waals surface area contributed by atoms with Gasteiger partial charge in [0, 0.05) is 19.0 Å². The average molecular weight is 184 g/mol. The maximum absolute atomic E-state index is 11.1. The second-order valence-corrected chi connectivity index (χ2v) is 3.60. The minimum atomic E-state index is 0.0785. The van der Waals surface area contributed by atoms with Crippen LogP contribution in [-0.2, 0) is 4.79 Å². The highest BCUT2D eigenvalue weighted by molar-refractivity contribution is 5.76. The van der Waals surface area contributed by atoms with E-state index >= 15 is 0 Å². The molecule has 1 atom stereocenters. The molecule has 0 aromatic rings. The van der Waals surface area contributed by atoms with Crippen LogP contribution in [-0.4, -0.2) is 18.5 Å². The average Bonchev–Trinajstić information content (AvgIpc) is 2.00. The lowest BCUT2D eigenvalue weighted by Gasteiger charge is -2.04. The van der Waals surface area contributed by atoms with Crippen LogP contribution in [0.25, 0.3) is 0 Å². The molecule has 13 heavy (non-hydrogen) atoms. The van der Waals surface area contributed by atoms with Gasteiger partial charge in [-0.25, -0.2) is 0 Å². The molecule has 1 unspecified atom stereocenters. The van der Waals surface area contributed by atoms with Crippen molar-refractivity contribution in [1.82, 2.24) is 5.32 Å². The van der Waals surface area contributed by atoms with Gasteiger partial charge in [-0.05, 0) is 27.2 Å². The highest BCUT2D eigenvalue weighted by atomic mass is 16.1. The van der Waals surface area contributed by atoms with Gasteiger partial charge in [0.15, 0.2) is 0 Å². The van der Waals surface area contributed by atoms with Gasteiger partial charge in [0.25, 0.3) is 0 Å². The summed E-state index contributed by atoms with van der Waals surface area (Å²) in [7, 11) is 0. The van der Waals surface area contributed by atoms with Crippen LogP contribution in [0.1, 0.15) is 33.6 Å². The topological polar surface area (TPSA) is 55.1 Å². The molecule has 0 spiro atoms. The van der Waals surface area contributed by atoms with Gasteiger partial charge in [-0.15, -0.1) is 0 Å². The molecule has 3 nitrogen and oxygen atoms in total. The number of nitrogens with one attached hydrogen (secondary N) is 1. The Labute approximate surface area is 80.4 Å². The summed E-state index contributed by atoms with van der Waals surface area (Å²) in [5.74, 6) is 0.0785. The molecule has 0 aromatic heterocycles. The number of nitrogens with two attached hydrogens (primary N) is 1. The van der Waals surface area contributed by atoms with Crippen molar-refractivity contribution in [3.63, 3.8) is 0 Å². The number of hydrogen-bond donors (Lipinski definition) is 2. The standard InChI is InChI=1S/C10H20N2O/c1-8(2)6-7-12-10(13)5-4-9(3)11/h6,9H,4-5,7,11H2,1-3H3,(H,12,13). The van der Waals surface area contributed by atoms with E-state index in [4.69, 9.17) is 5.73 Å². The monoisotopic (exact) mass is 184 g/mol. The Bertz CT molecular complexity index is 181. The number of carbonyl (C=O) groups excluding carboxylic acids is 1. The van der Waals surface area contributed by atoms with Crippen molar-refractivity contribution < 1.29 is 4.79 Å². The number of carbonyl (C=O) groups is 1. The molecule has 0 aliphatic carbocycles. The van der Waals surface area contributed by atoms with Crippen LogP contribution in [0.2, 0.25) is 0 Å². The molecule has 0 aliphatic heterocycles. The summed E-state index contributed by atoms with van der Waals surface area (Å²) < 4.78 is 0. The molecular weight excluding hydrogens is 164 g/mol. The maximum Gasteiger partial charge on any atom is 0.220 e. The molecule has 0 fully saturated rings. The normalized spacial score (nSPS) is 12.0. The molecule has 3 heteroatoms. The van der Waals surface area contributed by atoms with E-state index in [1.165, 1.54) is 5.57 Å². The molecule has 0 aliphatic rings. The fraction of sp³-hybridized carbons (Fsp3) is 0.700. The lowest BCUT2D eigenvalue weighted by Crippen LogP contribution is -2.25. The van der Waals surface area contributed by atoms with Crippen LogP contribution < -0.4 is 11.1 Å². The number of allylic oxidation sites excluding steroid dienone is 1. The van der Waals surface area contributed by atoms with Gasteiger partial charge in [0.2, 0.25) is 5.91 Å². The van der Waals surface area contributed by atoms with E-state index in [-0.39, 0.29) is 11.9 Å². The molecular formula is C10H20N2O. The summed E-state index contributed by atoms with van der Waals surface area (Å²) >= 11 is 0. The van der Waals surface area contributed by atoms with Crippen molar-refractivity contribution in [2.75, 3.05) is 6.54 Å². The molecule has 0 saturated heterocycles. The third-order valence-corrected chi connectivity index (χ3v) is 1.64. The minimum absolute atomic E-state index is 0.0785. The Morgan fingerprint density at radius 1 is 1.54 bits per heavy atom. The van der Waals surface area contributed by atoms with E-state index in [2.05, 4.69) is 5.32 Å². The van der Waals surface area contributed by atoms with Crippen molar-refractivity contribution in [1.29, 1.82) is 0 Å². The summed E-state index contributed by atoms with van der Waals surface area (Å²) in [6, 6.07) is 0.106. The summed E-state index contributed by atoms with van der Waals surface area (Å²) in [4.78, 5) is 11.1. The van der Waals surface area contributed by atoms with Gasteiger partial charge in [-0.1, -0.05) is 11.6 Å². The van der Waals surface area contributed by atoms with Gasteiger partial charge in [-0.2, -0.15) is 0 Å². The largest absolute Gasteiger partial charge is 0.353 e. The van der Waals surface area contributed by atoms with Crippen molar-refractivity contribution >= 4 is 5.91 Å². The first-order valence-corrected chi connectivity index (χ1v) is 4.68. The fourth-order valence-electron chi connectivity index (χ4n) is 0.816. The molecule has 0 saturated carbocycles. The Morgan fingerprint density at radius 3 is 2.62 bits per heavy atom. The van der Waals surface area contributed by atoms with Crippen molar-refractivity contribution in [2.24, 2.45) is 5.73 Å². The first-order valence-electron chi connectivity index (χ1n) is 4.68. The second kappa shape index (κ2) is 6.66. The summed E-state index contributed by atoms with van der Waals surface area (Å²) in [6.07, 6.45) is 3.26. The zero-order valence-corrected chi connectivity index (χ0v) is 8.76. The molecule has 1 amide bonds. The molecule has 3 N–H and O–H groups in total. The van der Waals surface area contributed by atoms with Gasteiger partial charge in [-0.3, -0.25) is 4.79 Å². The maximum atomic E-state index is 11.1. The van der Waals surface area contributed by atoms with E-state index in [0.717, 1.165) is 6.42 Å². The second-order valence-electron chi connectivity index (χ2n) is 3.60. The molecule has 0 radical (unpaired) electrons. The highest BCUT2D eigenvalue weighted by Gasteiger charge is 2.01. The summed E-state index contributed by atoms with van der Waals surface area (Å²) in [5.41, 5.74) is 6.74. The van der Waals surface area contributed by atoms with E-state index in [1.54, 1.807) is 0 Å². The molecule has 0 heterocycles. The highest BCUT2D eigenvalue weighted by Crippen LogP contribution is 1.93. The van der Waals surface area contributed by atoms with Crippen LogP contribution in [0.15, 0.2) is 11.6 Å². The van der Waals surface area contributed by atoms with Gasteiger partial charge in [0.1, 0.15) is 0 Å². The predicted molar refractivity (Wildman–Crippen MR) is 55.3 cm³/mol. The number of amides is 1. The smallest absolute Gasteiger partial charge is 0.220 e. The van der Waals surface area contributed by atoms with Crippen LogP contribution in [0.4, 0.5) is 0 Å². The Morgan fingerprint density at radius 2 is 2.15 bits per heavy atom. The Balaban J connectivity index is 3.47. The molecule has 0 bridgehead atoms. The minimum Gasteiger partial charge on any atom is -0.353 e. The summed E-state index contributed by atoms with van der Waals surface area (Å²) in [6.45, 7) is 6.55. The van der Waals surface area contributed by atoms with E-state index in [1.807, 2.05) is 26.8 Å². The quantitative estimate of drug-likeness (QED) is 0.631. The van der Waals surface area contributed by atoms with Crippen molar-refractivity contribution in [3.05, 3.63) is 11.6 Å². The van der Waals surface area contributed by atoms with E-state index in [0.29, 0.717) is 13.0 Å². The van der Waals surface area contributed by atoms with E-state index in [9.17, 15) is 4.79 Å². The third kappa shape index (κ3) is 9.08. The molecule has 0 aromatic carbocycles. The fourth-order valence-corrected chi connectivity index (χ4v) is 0.816. The van der Waals surface area contributed by atoms with Crippen molar-refractivity contribution in [2.45, 2.75) is 39.7 Å².